The zero-order valence-corrected chi connectivity index (χ0v) is 17.8. The van der Waals surface area contributed by atoms with Crippen LogP contribution in [0.3, 0.4) is 0 Å². The zero-order chi connectivity index (χ0) is 20.6. The van der Waals surface area contributed by atoms with Crippen molar-refractivity contribution in [2.45, 2.75) is 58.2 Å². The first-order chi connectivity index (χ1) is 12.2. The Labute approximate surface area is 161 Å². The van der Waals surface area contributed by atoms with Crippen LogP contribution in [0.5, 0.6) is 11.5 Å². The molecule has 2 rings (SSSR count). The van der Waals surface area contributed by atoms with E-state index >= 15 is 0 Å². The molecule has 0 aliphatic rings. The minimum Gasteiger partial charge on any atom is -0.453 e. The number of ether oxygens (including phenoxy) is 1. The van der Waals surface area contributed by atoms with Crippen LogP contribution in [0.2, 0.25) is 0 Å². The van der Waals surface area contributed by atoms with Crippen molar-refractivity contribution in [2.24, 2.45) is 0 Å². The molecular formula is C20H27N3O3S. The fraction of sp³-hybridized carbons (Fsp3) is 0.500. The van der Waals surface area contributed by atoms with Crippen LogP contribution < -0.4 is 4.74 Å². The molecule has 0 spiro atoms. The number of hydrogen-bond donors (Lipinski definition) is 0. The maximum atomic E-state index is 11.9. The molecule has 27 heavy (non-hydrogen) atoms. The van der Waals surface area contributed by atoms with Crippen molar-refractivity contribution >= 4 is 9.84 Å². The van der Waals surface area contributed by atoms with Crippen molar-refractivity contribution in [1.29, 1.82) is 5.26 Å². The highest BCUT2D eigenvalue weighted by molar-refractivity contribution is 7.89. The van der Waals surface area contributed by atoms with E-state index in [0.29, 0.717) is 22.8 Å². The second kappa shape index (κ2) is 7.01. The molecule has 0 aliphatic carbocycles. The Morgan fingerprint density at radius 1 is 1.07 bits per heavy atom. The molecule has 0 amide bonds. The molecule has 0 saturated heterocycles. The van der Waals surface area contributed by atoms with E-state index in [1.807, 2.05) is 41.5 Å². The van der Waals surface area contributed by atoms with E-state index in [1.165, 1.54) is 10.9 Å². The molecule has 0 saturated carbocycles. The summed E-state index contributed by atoms with van der Waals surface area (Å²) in [5.41, 5.74) is 1.23. The lowest BCUT2D eigenvalue weighted by atomic mass is 9.86. The van der Waals surface area contributed by atoms with Crippen LogP contribution in [-0.4, -0.2) is 24.5 Å². The van der Waals surface area contributed by atoms with Crippen LogP contribution in [0.15, 0.2) is 24.3 Å². The summed E-state index contributed by atoms with van der Waals surface area (Å²) < 4.78 is 31.6. The zero-order valence-electron chi connectivity index (χ0n) is 17.0. The topological polar surface area (TPSA) is 85.0 Å². The normalized spacial score (nSPS) is 12.7. The van der Waals surface area contributed by atoms with Crippen molar-refractivity contribution in [1.82, 2.24) is 9.78 Å². The van der Waals surface area contributed by atoms with Gasteiger partial charge in [0.15, 0.2) is 15.6 Å². The molecule has 0 bridgehead atoms. The summed E-state index contributed by atoms with van der Waals surface area (Å²) in [6.45, 7) is 12.0. The maximum Gasteiger partial charge on any atom is 0.172 e. The third-order valence-corrected chi connectivity index (χ3v) is 4.60. The fourth-order valence-corrected chi connectivity index (χ4v) is 3.42. The fourth-order valence-electron chi connectivity index (χ4n) is 2.79. The number of hydrogen-bond acceptors (Lipinski definition) is 5. The van der Waals surface area contributed by atoms with Crippen molar-refractivity contribution in [3.05, 3.63) is 41.2 Å². The molecule has 1 aromatic carbocycles. The van der Waals surface area contributed by atoms with Gasteiger partial charge in [0.2, 0.25) is 0 Å². The number of nitrogens with zero attached hydrogens (tertiary/aromatic N) is 3. The van der Waals surface area contributed by atoms with Gasteiger partial charge in [-0.25, -0.2) is 13.1 Å². The van der Waals surface area contributed by atoms with E-state index in [4.69, 9.17) is 10.00 Å². The van der Waals surface area contributed by atoms with Gasteiger partial charge in [0, 0.05) is 17.1 Å². The van der Waals surface area contributed by atoms with Gasteiger partial charge in [-0.15, -0.1) is 0 Å². The van der Waals surface area contributed by atoms with Gasteiger partial charge in [-0.2, -0.15) is 10.4 Å². The lowest BCUT2D eigenvalue weighted by Crippen LogP contribution is -2.22. The molecule has 6 nitrogen and oxygen atoms in total. The number of sulfone groups is 1. The lowest BCUT2D eigenvalue weighted by molar-refractivity contribution is 0.429. The number of rotatable bonds is 4. The number of benzene rings is 1. The first-order valence-electron chi connectivity index (χ1n) is 8.70. The summed E-state index contributed by atoms with van der Waals surface area (Å²) in [5.74, 6) is 0.937. The van der Waals surface area contributed by atoms with E-state index in [0.717, 1.165) is 5.69 Å². The Bertz CT molecular complexity index is 968. The van der Waals surface area contributed by atoms with E-state index in [9.17, 15) is 8.42 Å². The van der Waals surface area contributed by atoms with Gasteiger partial charge >= 0.3 is 0 Å². The molecule has 0 N–H and O–H groups in total. The third kappa shape index (κ3) is 5.10. The monoisotopic (exact) mass is 389 g/mol. The Morgan fingerprint density at radius 2 is 1.63 bits per heavy atom. The van der Waals surface area contributed by atoms with Crippen LogP contribution in [0, 0.1) is 11.3 Å². The highest BCUT2D eigenvalue weighted by Crippen LogP contribution is 2.41. The Balaban J connectivity index is 2.69. The second-order valence-electron chi connectivity index (χ2n) is 8.82. The molecule has 1 aromatic heterocycles. The van der Waals surface area contributed by atoms with Gasteiger partial charge in [-0.05, 0) is 24.3 Å². The van der Waals surface area contributed by atoms with Crippen LogP contribution >= 0.6 is 0 Å². The van der Waals surface area contributed by atoms with Crippen LogP contribution in [0.25, 0.3) is 0 Å². The minimum absolute atomic E-state index is 0.209. The molecule has 0 atom stereocenters. The Hall–Kier alpha value is -2.33. The molecule has 0 unspecified atom stereocenters. The lowest BCUT2D eigenvalue weighted by Gasteiger charge is -2.23. The van der Waals surface area contributed by atoms with Gasteiger partial charge < -0.3 is 4.74 Å². The minimum atomic E-state index is -3.28. The average Bonchev–Trinajstić information content (AvgIpc) is 2.84. The molecular weight excluding hydrogens is 362 g/mol. The molecule has 0 radical (unpaired) electrons. The van der Waals surface area contributed by atoms with E-state index in [2.05, 4.69) is 11.2 Å². The van der Waals surface area contributed by atoms with Crippen molar-refractivity contribution < 1.29 is 13.2 Å². The van der Waals surface area contributed by atoms with Gasteiger partial charge in [-0.1, -0.05) is 41.5 Å². The quantitative estimate of drug-likeness (QED) is 0.784. The summed E-state index contributed by atoms with van der Waals surface area (Å²) in [6.07, 6.45) is 1.19. The largest absolute Gasteiger partial charge is 0.453 e. The summed E-state index contributed by atoms with van der Waals surface area (Å²) >= 11 is 0. The van der Waals surface area contributed by atoms with Crippen LogP contribution in [0.1, 0.15) is 58.5 Å². The summed E-state index contributed by atoms with van der Waals surface area (Å²) in [6, 6.07) is 8.90. The Morgan fingerprint density at radius 3 is 2.04 bits per heavy atom. The van der Waals surface area contributed by atoms with Gasteiger partial charge in [0.1, 0.15) is 17.3 Å². The molecule has 0 aliphatic heterocycles. The van der Waals surface area contributed by atoms with Crippen molar-refractivity contribution in [3.8, 4) is 17.6 Å². The SMILES string of the molecule is CC(C)(C)c1nn(CS(C)(=O)=O)c(C(C)(C)C)c1Oc1ccc(C#N)cc1. The van der Waals surface area contributed by atoms with E-state index in [-0.39, 0.29) is 16.7 Å². The van der Waals surface area contributed by atoms with Gasteiger partial charge in [0.05, 0.1) is 17.3 Å². The standard InChI is InChI=1S/C20H27N3O3S/c1-19(2,3)17-16(26-15-10-8-14(12-21)9-11-15)18(20(4,5)6)23(22-17)13-27(7,24)25/h8-11H,13H2,1-7H3. The summed E-state index contributed by atoms with van der Waals surface area (Å²) in [7, 11) is -3.28. The van der Waals surface area contributed by atoms with Gasteiger partial charge in [-0.3, -0.25) is 0 Å². The molecule has 0 fully saturated rings. The van der Waals surface area contributed by atoms with Crippen molar-refractivity contribution in [2.75, 3.05) is 6.26 Å². The predicted octanol–water partition coefficient (Wildman–Crippen LogP) is 4.14. The molecule has 146 valence electrons. The predicted molar refractivity (Wildman–Crippen MR) is 106 cm³/mol. The second-order valence-corrected chi connectivity index (χ2v) is 10.9. The van der Waals surface area contributed by atoms with Crippen molar-refractivity contribution in [3.63, 3.8) is 0 Å². The summed E-state index contributed by atoms with van der Waals surface area (Å²) in [5, 5.41) is 13.6. The van der Waals surface area contributed by atoms with Gasteiger partial charge in [0.25, 0.3) is 0 Å². The highest BCUT2D eigenvalue weighted by atomic mass is 32.2. The van der Waals surface area contributed by atoms with Crippen LogP contribution in [-0.2, 0) is 26.5 Å². The maximum absolute atomic E-state index is 11.9. The highest BCUT2D eigenvalue weighted by Gasteiger charge is 2.34. The smallest absolute Gasteiger partial charge is 0.172 e. The number of nitriles is 1. The van der Waals surface area contributed by atoms with Crippen LogP contribution in [0.4, 0.5) is 0 Å². The first kappa shape index (κ1) is 21.0. The first-order valence-corrected chi connectivity index (χ1v) is 10.8. The van der Waals surface area contributed by atoms with E-state index < -0.39 is 9.84 Å². The molecule has 1 heterocycles. The Kier molecular flexibility index (Phi) is 5.44. The average molecular weight is 390 g/mol. The molecule has 7 heteroatoms. The molecule has 2 aromatic rings. The number of aromatic nitrogens is 2. The third-order valence-electron chi connectivity index (χ3n) is 3.89. The summed E-state index contributed by atoms with van der Waals surface area (Å²) in [4.78, 5) is 0. The van der Waals surface area contributed by atoms with E-state index in [1.54, 1.807) is 24.3 Å².